The van der Waals surface area contributed by atoms with Crippen molar-refractivity contribution in [2.24, 2.45) is 0 Å². The van der Waals surface area contributed by atoms with Crippen molar-refractivity contribution in [1.29, 1.82) is 0 Å². The molecule has 2 rings (SSSR count). The highest BCUT2D eigenvalue weighted by Crippen LogP contribution is 2.29. The second-order valence-corrected chi connectivity index (χ2v) is 7.71. The van der Waals surface area contributed by atoms with Crippen molar-refractivity contribution in [3.8, 4) is 0 Å². The molecule has 0 aromatic heterocycles. The largest absolute Gasteiger partial charge is 0.384 e. The normalized spacial score (nSPS) is 22.9. The number of methoxy groups -OCH3 is 1. The highest BCUT2D eigenvalue weighted by atomic mass is 32.2. The molecule has 1 aromatic rings. The van der Waals surface area contributed by atoms with Gasteiger partial charge >= 0.3 is 0 Å². The van der Waals surface area contributed by atoms with E-state index in [1.54, 1.807) is 7.11 Å². The molecule has 0 aliphatic heterocycles. The van der Waals surface area contributed by atoms with Crippen molar-refractivity contribution in [3.63, 3.8) is 0 Å². The average Bonchev–Trinajstić information content (AvgIpc) is 2.86. The van der Waals surface area contributed by atoms with Crippen molar-refractivity contribution in [3.05, 3.63) is 29.8 Å². The number of anilines is 1. The zero-order valence-electron chi connectivity index (χ0n) is 12.1. The van der Waals surface area contributed by atoms with Crippen LogP contribution in [0.2, 0.25) is 0 Å². The minimum Gasteiger partial charge on any atom is -0.384 e. The number of ether oxygens (including phenoxy) is 1. The zero-order chi connectivity index (χ0) is 14.6. The number of rotatable bonds is 6. The summed E-state index contributed by atoms with van der Waals surface area (Å²) in [4.78, 5) is 0. The van der Waals surface area contributed by atoms with E-state index in [1.165, 1.54) is 11.8 Å². The minimum absolute atomic E-state index is 0.0219. The Morgan fingerprint density at radius 3 is 2.75 bits per heavy atom. The molecule has 1 N–H and O–H groups in total. The maximum atomic E-state index is 11.8. The Morgan fingerprint density at radius 1 is 1.30 bits per heavy atom. The topological polar surface area (TPSA) is 55.4 Å². The molecular formula is C15H23NO3S. The molecule has 0 heterocycles. The third kappa shape index (κ3) is 3.73. The van der Waals surface area contributed by atoms with Crippen molar-refractivity contribution in [2.45, 2.75) is 37.0 Å². The molecule has 0 radical (unpaired) electrons. The fraction of sp³-hybridized carbons (Fsp3) is 0.600. The lowest BCUT2D eigenvalue weighted by Crippen LogP contribution is -2.34. The Balaban J connectivity index is 2.13. The first-order valence-corrected chi connectivity index (χ1v) is 9.00. The molecule has 2 atom stereocenters. The second kappa shape index (κ2) is 6.59. The summed E-state index contributed by atoms with van der Waals surface area (Å²) in [6.45, 7) is 0.666. The standard InChI is InChI=1S/C15H23NO3S/c1-19-11-10-12-6-3-4-7-13(12)16-14-8-5-9-15(14)20(2,17)18/h3-4,6-7,14-16H,5,8-11H2,1-2H3. The number of benzene rings is 1. The predicted octanol–water partition coefficient (Wildman–Crippen LogP) is 2.25. The molecule has 1 aliphatic carbocycles. The number of nitrogens with one attached hydrogen (secondary N) is 1. The Hall–Kier alpha value is -1.07. The lowest BCUT2D eigenvalue weighted by atomic mass is 10.1. The van der Waals surface area contributed by atoms with Crippen LogP contribution < -0.4 is 5.32 Å². The van der Waals surface area contributed by atoms with E-state index < -0.39 is 9.84 Å². The van der Waals surface area contributed by atoms with Crippen molar-refractivity contribution >= 4 is 15.5 Å². The minimum atomic E-state index is -2.99. The van der Waals surface area contributed by atoms with E-state index in [0.29, 0.717) is 6.61 Å². The van der Waals surface area contributed by atoms with Crippen molar-refractivity contribution < 1.29 is 13.2 Å². The summed E-state index contributed by atoms with van der Waals surface area (Å²) in [7, 11) is -1.30. The van der Waals surface area contributed by atoms with Crippen molar-refractivity contribution in [2.75, 3.05) is 25.3 Å². The number of hydrogen-bond donors (Lipinski definition) is 1. The van der Waals surface area contributed by atoms with Gasteiger partial charge in [-0.3, -0.25) is 0 Å². The van der Waals surface area contributed by atoms with Crippen LogP contribution in [-0.2, 0) is 21.0 Å². The molecule has 4 nitrogen and oxygen atoms in total. The number of hydrogen-bond acceptors (Lipinski definition) is 4. The molecule has 20 heavy (non-hydrogen) atoms. The molecule has 1 fully saturated rings. The quantitative estimate of drug-likeness (QED) is 0.875. The molecule has 0 amide bonds. The Bertz CT molecular complexity index is 542. The molecule has 5 heteroatoms. The molecular weight excluding hydrogens is 274 g/mol. The third-order valence-electron chi connectivity index (χ3n) is 3.94. The summed E-state index contributed by atoms with van der Waals surface area (Å²) in [6, 6.07) is 8.07. The molecule has 0 spiro atoms. The molecule has 0 saturated heterocycles. The first-order chi connectivity index (χ1) is 9.52. The molecule has 112 valence electrons. The molecule has 1 aliphatic rings. The van der Waals surface area contributed by atoms with Gasteiger partial charge in [0.2, 0.25) is 0 Å². The van der Waals surface area contributed by atoms with E-state index in [4.69, 9.17) is 4.74 Å². The van der Waals surface area contributed by atoms with Crippen molar-refractivity contribution in [1.82, 2.24) is 0 Å². The fourth-order valence-corrected chi connectivity index (χ4v) is 4.29. The predicted molar refractivity (Wildman–Crippen MR) is 81.9 cm³/mol. The van der Waals surface area contributed by atoms with Gasteiger partial charge in [-0.25, -0.2) is 8.42 Å². The Labute approximate surface area is 121 Å². The van der Waals surface area contributed by atoms with Crippen LogP contribution in [0.5, 0.6) is 0 Å². The van der Waals surface area contributed by atoms with Gasteiger partial charge in [-0.05, 0) is 37.3 Å². The summed E-state index contributed by atoms with van der Waals surface area (Å²) in [5, 5.41) is 3.17. The van der Waals surface area contributed by atoms with E-state index in [9.17, 15) is 8.42 Å². The van der Waals surface area contributed by atoms with Crippen LogP contribution in [0.25, 0.3) is 0 Å². The average molecular weight is 297 g/mol. The van der Waals surface area contributed by atoms with Gasteiger partial charge in [-0.1, -0.05) is 18.2 Å². The Kier molecular flexibility index (Phi) is 5.05. The van der Waals surface area contributed by atoms with Gasteiger partial charge in [0.05, 0.1) is 11.9 Å². The summed E-state index contributed by atoms with van der Waals surface area (Å²) in [5.41, 5.74) is 2.21. The van der Waals surface area contributed by atoms with Gasteiger partial charge < -0.3 is 10.1 Å². The molecule has 0 bridgehead atoms. The lowest BCUT2D eigenvalue weighted by molar-refractivity contribution is 0.202. The van der Waals surface area contributed by atoms with Crippen LogP contribution >= 0.6 is 0 Å². The smallest absolute Gasteiger partial charge is 0.152 e. The first-order valence-electron chi connectivity index (χ1n) is 7.04. The summed E-state index contributed by atoms with van der Waals surface area (Å²) in [6.07, 6.45) is 4.81. The van der Waals surface area contributed by atoms with Gasteiger partial charge in [0.15, 0.2) is 9.84 Å². The highest BCUT2D eigenvalue weighted by Gasteiger charge is 2.34. The van der Waals surface area contributed by atoms with Gasteiger partial charge in [0.25, 0.3) is 0 Å². The van der Waals surface area contributed by atoms with Gasteiger partial charge in [0, 0.05) is 25.1 Å². The van der Waals surface area contributed by atoms with Crippen LogP contribution in [0.3, 0.4) is 0 Å². The Morgan fingerprint density at radius 2 is 2.05 bits per heavy atom. The van der Waals surface area contributed by atoms with E-state index in [-0.39, 0.29) is 11.3 Å². The zero-order valence-corrected chi connectivity index (χ0v) is 12.9. The fourth-order valence-electron chi connectivity index (χ4n) is 2.89. The van der Waals surface area contributed by atoms with Crippen LogP contribution in [-0.4, -0.2) is 39.7 Å². The summed E-state index contributed by atoms with van der Waals surface area (Å²) < 4.78 is 28.8. The van der Waals surface area contributed by atoms with Gasteiger partial charge in [-0.15, -0.1) is 0 Å². The maximum absolute atomic E-state index is 11.8. The summed E-state index contributed by atoms with van der Waals surface area (Å²) >= 11 is 0. The van der Waals surface area contributed by atoms with Crippen LogP contribution in [0.15, 0.2) is 24.3 Å². The first kappa shape index (κ1) is 15.3. The van der Waals surface area contributed by atoms with Gasteiger partial charge in [-0.2, -0.15) is 0 Å². The van der Waals surface area contributed by atoms with E-state index in [0.717, 1.165) is 31.4 Å². The third-order valence-corrected chi connectivity index (χ3v) is 5.60. The number of sulfone groups is 1. The van der Waals surface area contributed by atoms with E-state index in [1.807, 2.05) is 18.2 Å². The highest BCUT2D eigenvalue weighted by molar-refractivity contribution is 7.91. The van der Waals surface area contributed by atoms with E-state index in [2.05, 4.69) is 11.4 Å². The van der Waals surface area contributed by atoms with Gasteiger partial charge in [0.1, 0.15) is 0 Å². The van der Waals surface area contributed by atoms with E-state index >= 15 is 0 Å². The summed E-state index contributed by atoms with van der Waals surface area (Å²) in [5.74, 6) is 0. The molecule has 1 aromatic carbocycles. The van der Waals surface area contributed by atoms with Crippen LogP contribution in [0.1, 0.15) is 24.8 Å². The second-order valence-electron chi connectivity index (χ2n) is 5.45. The maximum Gasteiger partial charge on any atom is 0.152 e. The van der Waals surface area contributed by atoms with Crippen LogP contribution in [0.4, 0.5) is 5.69 Å². The van der Waals surface area contributed by atoms with Crippen LogP contribution in [0, 0.1) is 0 Å². The monoisotopic (exact) mass is 297 g/mol. The molecule has 2 unspecified atom stereocenters. The lowest BCUT2D eigenvalue weighted by Gasteiger charge is -2.22. The number of para-hydroxylation sites is 1. The molecule has 1 saturated carbocycles. The SMILES string of the molecule is COCCc1ccccc1NC1CCCC1S(C)(=O)=O.